The molecule has 4 rings (SSSR count). The van der Waals surface area contributed by atoms with E-state index in [0.29, 0.717) is 5.56 Å². The number of sulfone groups is 1. The van der Waals surface area contributed by atoms with Gasteiger partial charge < -0.3 is 0 Å². The highest BCUT2D eigenvalue weighted by Gasteiger charge is 2.22. The van der Waals surface area contributed by atoms with Gasteiger partial charge in [0, 0.05) is 39.2 Å². The fraction of sp³-hybridized carbons (Fsp3) is 0.0667. The summed E-state index contributed by atoms with van der Waals surface area (Å²) in [5.41, 5.74) is 1.20. The molecule has 0 atom stereocenters. The molecule has 0 aliphatic heterocycles. The number of aromatic nitrogens is 5. The Morgan fingerprint density at radius 2 is 2.08 bits per heavy atom. The summed E-state index contributed by atoms with van der Waals surface area (Å²) in [6.45, 7) is 0. The molecule has 0 spiro atoms. The minimum atomic E-state index is -3.45. The normalized spacial score (nSPS) is 11.9. The van der Waals surface area contributed by atoms with Crippen LogP contribution < -0.4 is 0 Å². The monoisotopic (exact) mass is 357 g/mol. The van der Waals surface area contributed by atoms with Gasteiger partial charge in [-0.05, 0) is 23.4 Å². The molecule has 0 radical (unpaired) electrons. The number of hydrogen-bond donors (Lipinski definition) is 1. The van der Waals surface area contributed by atoms with E-state index in [0.717, 1.165) is 20.5 Å². The van der Waals surface area contributed by atoms with Gasteiger partial charge in [0.15, 0.2) is 9.84 Å². The number of rotatable bonds is 3. The lowest BCUT2D eigenvalue weighted by atomic mass is 10.1. The first-order chi connectivity index (χ1) is 11.5. The summed E-state index contributed by atoms with van der Waals surface area (Å²) in [6.07, 6.45) is 4.68. The second-order valence-corrected chi connectivity index (χ2v) is 8.28. The molecule has 0 aliphatic carbocycles. The van der Waals surface area contributed by atoms with Gasteiger partial charge >= 0.3 is 0 Å². The van der Waals surface area contributed by atoms with Gasteiger partial charge in [-0.25, -0.2) is 8.42 Å². The van der Waals surface area contributed by atoms with E-state index in [2.05, 4.69) is 25.6 Å². The molecule has 3 aromatic heterocycles. The van der Waals surface area contributed by atoms with Crippen molar-refractivity contribution < 1.29 is 8.42 Å². The predicted octanol–water partition coefficient (Wildman–Crippen LogP) is 2.55. The van der Waals surface area contributed by atoms with Crippen LogP contribution in [0.5, 0.6) is 0 Å². The Bertz CT molecular complexity index is 1100. The zero-order valence-corrected chi connectivity index (χ0v) is 14.1. The van der Waals surface area contributed by atoms with Gasteiger partial charge in [-0.3, -0.25) is 4.98 Å². The Balaban J connectivity index is 2.05. The van der Waals surface area contributed by atoms with Gasteiger partial charge in [-0.2, -0.15) is 5.21 Å². The Labute approximate surface area is 141 Å². The van der Waals surface area contributed by atoms with Gasteiger partial charge in [0.05, 0.1) is 10.5 Å². The van der Waals surface area contributed by atoms with Crippen molar-refractivity contribution in [3.63, 3.8) is 0 Å². The molecule has 0 bridgehead atoms. The van der Waals surface area contributed by atoms with E-state index in [-0.39, 0.29) is 10.7 Å². The van der Waals surface area contributed by atoms with E-state index in [1.54, 1.807) is 35.9 Å². The van der Waals surface area contributed by atoms with E-state index in [4.69, 9.17) is 0 Å². The molecule has 1 aromatic carbocycles. The molecule has 0 saturated carbocycles. The zero-order valence-electron chi connectivity index (χ0n) is 12.5. The van der Waals surface area contributed by atoms with Crippen molar-refractivity contribution in [2.24, 2.45) is 0 Å². The second-order valence-electron chi connectivity index (χ2n) is 5.21. The van der Waals surface area contributed by atoms with Crippen LogP contribution in [0.25, 0.3) is 31.9 Å². The minimum Gasteiger partial charge on any atom is -0.264 e. The zero-order chi connectivity index (χ0) is 16.7. The number of hydrogen-bond acceptors (Lipinski definition) is 7. The number of aromatic amines is 1. The first-order valence-corrected chi connectivity index (χ1v) is 9.65. The molecule has 9 heteroatoms. The maximum absolute atomic E-state index is 12.2. The summed E-state index contributed by atoms with van der Waals surface area (Å²) in [4.78, 5) is 5.22. The lowest BCUT2D eigenvalue weighted by Crippen LogP contribution is -2.02. The molecule has 120 valence electrons. The van der Waals surface area contributed by atoms with Crippen molar-refractivity contribution >= 4 is 31.3 Å². The highest BCUT2D eigenvalue weighted by atomic mass is 32.2. The molecule has 24 heavy (non-hydrogen) atoms. The Morgan fingerprint density at radius 3 is 2.79 bits per heavy atom. The molecule has 3 heterocycles. The highest BCUT2D eigenvalue weighted by Crippen LogP contribution is 2.40. The summed E-state index contributed by atoms with van der Waals surface area (Å²) >= 11 is 1.56. The maximum atomic E-state index is 12.2. The minimum absolute atomic E-state index is 0.178. The van der Waals surface area contributed by atoms with Gasteiger partial charge in [0.1, 0.15) is 0 Å². The number of nitrogens with one attached hydrogen (secondary N) is 1. The number of pyridine rings is 1. The molecule has 0 aliphatic rings. The summed E-state index contributed by atoms with van der Waals surface area (Å²) in [6, 6.07) is 9.05. The summed E-state index contributed by atoms with van der Waals surface area (Å²) in [5.74, 6) is 0.251. The highest BCUT2D eigenvalue weighted by molar-refractivity contribution is 7.90. The largest absolute Gasteiger partial charge is 0.264 e. The first-order valence-electron chi connectivity index (χ1n) is 6.95. The number of H-pyrrole nitrogens is 1. The van der Waals surface area contributed by atoms with Gasteiger partial charge in [-0.15, -0.1) is 21.5 Å². The molecule has 0 saturated heterocycles. The van der Waals surface area contributed by atoms with Crippen molar-refractivity contribution in [2.45, 2.75) is 4.90 Å². The fourth-order valence-electron chi connectivity index (χ4n) is 2.56. The third-order valence-corrected chi connectivity index (χ3v) is 5.87. The smallest absolute Gasteiger partial charge is 0.206 e. The van der Waals surface area contributed by atoms with Crippen molar-refractivity contribution in [2.75, 3.05) is 6.26 Å². The average Bonchev–Trinajstić information content (AvgIpc) is 3.22. The molecule has 0 fully saturated rings. The van der Waals surface area contributed by atoms with Crippen molar-refractivity contribution in [3.05, 3.63) is 42.7 Å². The summed E-state index contributed by atoms with van der Waals surface area (Å²) < 4.78 is 25.5. The van der Waals surface area contributed by atoms with Gasteiger partial charge in [0.25, 0.3) is 0 Å². The van der Waals surface area contributed by atoms with Crippen molar-refractivity contribution in [1.29, 1.82) is 0 Å². The number of tetrazole rings is 1. The molecule has 0 unspecified atom stereocenters. The van der Waals surface area contributed by atoms with Crippen LogP contribution in [0.15, 0.2) is 47.6 Å². The van der Waals surface area contributed by atoms with E-state index in [1.165, 1.54) is 6.26 Å². The van der Waals surface area contributed by atoms with E-state index >= 15 is 0 Å². The van der Waals surface area contributed by atoms with Crippen LogP contribution in [-0.4, -0.2) is 40.3 Å². The molecule has 4 aromatic rings. The van der Waals surface area contributed by atoms with Crippen LogP contribution in [0.4, 0.5) is 0 Å². The van der Waals surface area contributed by atoms with Gasteiger partial charge in [0.2, 0.25) is 5.82 Å². The molecule has 1 N–H and O–H groups in total. The Kier molecular flexibility index (Phi) is 3.39. The standard InChI is InChI=1S/C15H11N5O2S2/c1-24(21,22)13-4-2-3-10(14(13)15-17-19-20-18-15)12-7-9-8-16-6-5-11(9)23-12/h2-8H,1H3,(H,17,18,19,20). The van der Waals surface area contributed by atoms with Crippen LogP contribution >= 0.6 is 11.3 Å². The predicted molar refractivity (Wildman–Crippen MR) is 91.3 cm³/mol. The summed E-state index contributed by atoms with van der Waals surface area (Å²) in [5, 5.41) is 14.9. The van der Waals surface area contributed by atoms with Crippen LogP contribution in [0, 0.1) is 0 Å². The lowest BCUT2D eigenvalue weighted by Gasteiger charge is -2.09. The Morgan fingerprint density at radius 1 is 1.21 bits per heavy atom. The van der Waals surface area contributed by atoms with E-state index in [9.17, 15) is 8.42 Å². The number of benzene rings is 1. The lowest BCUT2D eigenvalue weighted by molar-refractivity contribution is 0.602. The topological polar surface area (TPSA) is 101 Å². The van der Waals surface area contributed by atoms with Crippen LogP contribution in [-0.2, 0) is 9.84 Å². The first kappa shape index (κ1) is 14.9. The SMILES string of the molecule is CS(=O)(=O)c1cccc(-c2cc3cnccc3s2)c1-c1nn[nH]n1. The van der Waals surface area contributed by atoms with E-state index in [1.807, 2.05) is 18.2 Å². The number of thiophene rings is 1. The number of fused-ring (bicyclic) bond motifs is 1. The fourth-order valence-corrected chi connectivity index (χ4v) is 4.52. The molecule has 7 nitrogen and oxygen atoms in total. The maximum Gasteiger partial charge on any atom is 0.206 e. The molecule has 0 amide bonds. The van der Waals surface area contributed by atoms with Crippen LogP contribution in [0.2, 0.25) is 0 Å². The Hall–Kier alpha value is -2.65. The summed E-state index contributed by atoms with van der Waals surface area (Å²) in [7, 11) is -3.45. The molecular formula is C15H11N5O2S2. The van der Waals surface area contributed by atoms with Crippen molar-refractivity contribution in [1.82, 2.24) is 25.6 Å². The third-order valence-electron chi connectivity index (χ3n) is 3.58. The second kappa shape index (κ2) is 5.46. The van der Waals surface area contributed by atoms with E-state index < -0.39 is 9.84 Å². The average molecular weight is 357 g/mol. The quantitative estimate of drug-likeness (QED) is 0.604. The van der Waals surface area contributed by atoms with Crippen LogP contribution in [0.1, 0.15) is 0 Å². The third kappa shape index (κ3) is 2.47. The molecular weight excluding hydrogens is 346 g/mol. The van der Waals surface area contributed by atoms with Crippen LogP contribution in [0.3, 0.4) is 0 Å². The van der Waals surface area contributed by atoms with Crippen molar-refractivity contribution in [3.8, 4) is 21.8 Å². The van der Waals surface area contributed by atoms with Gasteiger partial charge in [-0.1, -0.05) is 12.1 Å². The number of nitrogens with zero attached hydrogens (tertiary/aromatic N) is 4.